The van der Waals surface area contributed by atoms with Crippen LogP contribution in [0.15, 0.2) is 39.1 Å². The molecule has 0 atom stereocenters. The van der Waals surface area contributed by atoms with Gasteiger partial charge in [-0.1, -0.05) is 12.1 Å². The Bertz CT molecular complexity index is 1060. The standard InChI is InChI=1S/C15H16N4O3S2/c1-8-5-4-6-10(12(8)20)24(21,22)13-14-17-9(2)7-11(16)19(14)18-15(13)23-3/h4-7,20H,16H2,1-3H3. The minimum Gasteiger partial charge on any atom is -0.506 e. The molecule has 126 valence electrons. The van der Waals surface area contributed by atoms with Gasteiger partial charge >= 0.3 is 0 Å². The van der Waals surface area contributed by atoms with E-state index in [1.165, 1.54) is 22.3 Å². The quantitative estimate of drug-likeness (QED) is 0.685. The van der Waals surface area contributed by atoms with Crippen LogP contribution in [0, 0.1) is 13.8 Å². The second kappa shape index (κ2) is 5.67. The molecule has 0 bridgehead atoms. The fraction of sp³-hybridized carbons (Fsp3) is 0.200. The average molecular weight is 364 g/mol. The first-order chi connectivity index (χ1) is 11.3. The number of anilines is 1. The molecule has 3 N–H and O–H groups in total. The van der Waals surface area contributed by atoms with Gasteiger partial charge in [-0.25, -0.2) is 13.4 Å². The highest BCUT2D eigenvalue weighted by atomic mass is 32.2. The van der Waals surface area contributed by atoms with Crippen LogP contribution in [-0.2, 0) is 9.84 Å². The van der Waals surface area contributed by atoms with Gasteiger partial charge in [0.2, 0.25) is 9.84 Å². The molecule has 1 aromatic carbocycles. The van der Waals surface area contributed by atoms with Crippen LogP contribution in [0.3, 0.4) is 0 Å². The average Bonchev–Trinajstić information content (AvgIpc) is 2.89. The molecule has 0 saturated carbocycles. The van der Waals surface area contributed by atoms with Crippen molar-refractivity contribution in [2.75, 3.05) is 12.0 Å². The van der Waals surface area contributed by atoms with Gasteiger partial charge in [0.15, 0.2) is 10.5 Å². The van der Waals surface area contributed by atoms with Crippen molar-refractivity contribution in [3.63, 3.8) is 0 Å². The molecule has 0 aliphatic rings. The summed E-state index contributed by atoms with van der Waals surface area (Å²) in [5, 5.41) is 14.7. The van der Waals surface area contributed by atoms with Crippen LogP contribution in [0.2, 0.25) is 0 Å². The molecule has 9 heteroatoms. The maximum Gasteiger partial charge on any atom is 0.216 e. The number of para-hydroxylation sites is 1. The zero-order chi connectivity index (χ0) is 17.6. The predicted molar refractivity (Wildman–Crippen MR) is 92.2 cm³/mol. The Morgan fingerprint density at radius 1 is 1.29 bits per heavy atom. The number of thioether (sulfide) groups is 1. The van der Waals surface area contributed by atoms with Crippen molar-refractivity contribution in [1.29, 1.82) is 0 Å². The Kier molecular flexibility index (Phi) is 3.92. The molecule has 0 aliphatic carbocycles. The van der Waals surface area contributed by atoms with E-state index in [0.29, 0.717) is 17.1 Å². The summed E-state index contributed by atoms with van der Waals surface area (Å²) < 4.78 is 27.7. The number of phenolic OH excluding ortho intramolecular Hbond substituents is 1. The molecule has 2 heterocycles. The van der Waals surface area contributed by atoms with Gasteiger partial charge in [0.05, 0.1) is 0 Å². The van der Waals surface area contributed by atoms with E-state index in [1.54, 1.807) is 38.3 Å². The number of phenols is 1. The highest BCUT2D eigenvalue weighted by Crippen LogP contribution is 2.37. The third-order valence-corrected chi connectivity index (χ3v) is 6.25. The number of hydrogen-bond donors (Lipinski definition) is 2. The van der Waals surface area contributed by atoms with Gasteiger partial charge in [0, 0.05) is 11.8 Å². The van der Waals surface area contributed by atoms with Gasteiger partial charge in [0.1, 0.15) is 21.5 Å². The number of nitrogens with zero attached hydrogens (tertiary/aromatic N) is 3. The summed E-state index contributed by atoms with van der Waals surface area (Å²) in [5.41, 5.74) is 7.14. The second-order valence-corrected chi connectivity index (χ2v) is 7.97. The number of rotatable bonds is 3. The Morgan fingerprint density at radius 3 is 2.67 bits per heavy atom. The fourth-order valence-corrected chi connectivity index (χ4v) is 5.01. The lowest BCUT2D eigenvalue weighted by Gasteiger charge is -2.08. The lowest BCUT2D eigenvalue weighted by Crippen LogP contribution is -2.06. The second-order valence-electron chi connectivity index (χ2n) is 5.32. The Labute approximate surface area is 143 Å². The first-order valence-electron chi connectivity index (χ1n) is 7.01. The van der Waals surface area contributed by atoms with E-state index in [1.807, 2.05) is 0 Å². The molecule has 24 heavy (non-hydrogen) atoms. The van der Waals surface area contributed by atoms with Gasteiger partial charge in [0.25, 0.3) is 0 Å². The van der Waals surface area contributed by atoms with Crippen molar-refractivity contribution in [3.05, 3.63) is 35.5 Å². The normalized spacial score (nSPS) is 12.0. The van der Waals surface area contributed by atoms with E-state index >= 15 is 0 Å². The van der Waals surface area contributed by atoms with Crippen LogP contribution < -0.4 is 5.73 Å². The maximum atomic E-state index is 13.2. The lowest BCUT2D eigenvalue weighted by atomic mass is 10.2. The molecule has 0 radical (unpaired) electrons. The SMILES string of the molecule is CSc1nn2c(N)cc(C)nc2c1S(=O)(=O)c1cccc(C)c1O. The summed E-state index contributed by atoms with van der Waals surface area (Å²) in [4.78, 5) is 4.07. The minimum atomic E-state index is -4.02. The van der Waals surface area contributed by atoms with Gasteiger partial charge in [-0.2, -0.15) is 9.61 Å². The van der Waals surface area contributed by atoms with E-state index < -0.39 is 9.84 Å². The van der Waals surface area contributed by atoms with Crippen LogP contribution >= 0.6 is 11.8 Å². The fourth-order valence-electron chi connectivity index (χ4n) is 2.46. The number of hydrogen-bond acceptors (Lipinski definition) is 7. The van der Waals surface area contributed by atoms with Crippen LogP contribution in [0.1, 0.15) is 11.3 Å². The first-order valence-corrected chi connectivity index (χ1v) is 9.71. The Morgan fingerprint density at radius 2 is 2.00 bits per heavy atom. The van der Waals surface area contributed by atoms with Gasteiger partial charge in [-0.05, 0) is 31.7 Å². The number of nitrogens with two attached hydrogens (primary N) is 1. The molecular weight excluding hydrogens is 348 g/mol. The number of fused-ring (bicyclic) bond motifs is 1. The van der Waals surface area contributed by atoms with Crippen molar-refractivity contribution in [1.82, 2.24) is 14.6 Å². The van der Waals surface area contributed by atoms with Gasteiger partial charge in [-0.3, -0.25) is 0 Å². The molecule has 0 saturated heterocycles. The van der Waals surface area contributed by atoms with E-state index in [9.17, 15) is 13.5 Å². The molecule has 0 aliphatic heterocycles. The zero-order valence-electron chi connectivity index (χ0n) is 13.3. The minimum absolute atomic E-state index is 0.0497. The number of nitrogen functional groups attached to an aromatic ring is 1. The molecule has 0 amide bonds. The Hall–Kier alpha value is -2.26. The summed E-state index contributed by atoms with van der Waals surface area (Å²) in [6, 6.07) is 6.20. The van der Waals surface area contributed by atoms with Crippen LogP contribution in [0.25, 0.3) is 5.65 Å². The van der Waals surface area contributed by atoms with Crippen molar-refractivity contribution in [3.8, 4) is 5.75 Å². The monoisotopic (exact) mass is 364 g/mol. The summed E-state index contributed by atoms with van der Waals surface area (Å²) in [6.45, 7) is 3.36. The molecule has 2 aromatic heterocycles. The van der Waals surface area contributed by atoms with Crippen LogP contribution in [-0.4, -0.2) is 34.4 Å². The molecule has 3 aromatic rings. The largest absolute Gasteiger partial charge is 0.506 e. The molecular formula is C15H16N4O3S2. The number of sulfone groups is 1. The summed E-state index contributed by atoms with van der Waals surface area (Å²) in [7, 11) is -4.02. The van der Waals surface area contributed by atoms with Crippen LogP contribution in [0.4, 0.5) is 5.82 Å². The highest BCUT2D eigenvalue weighted by molar-refractivity contribution is 7.99. The molecule has 0 unspecified atom stereocenters. The number of aromatic nitrogens is 3. The smallest absolute Gasteiger partial charge is 0.216 e. The van der Waals surface area contributed by atoms with Crippen molar-refractivity contribution in [2.24, 2.45) is 0 Å². The van der Waals surface area contributed by atoms with Crippen molar-refractivity contribution >= 4 is 33.1 Å². The first kappa shape index (κ1) is 16.6. The van der Waals surface area contributed by atoms with Crippen molar-refractivity contribution in [2.45, 2.75) is 28.7 Å². The molecule has 7 nitrogen and oxygen atoms in total. The van der Waals surface area contributed by atoms with E-state index in [2.05, 4.69) is 10.1 Å². The predicted octanol–water partition coefficient (Wildman–Crippen LogP) is 2.19. The van der Waals surface area contributed by atoms with Crippen molar-refractivity contribution < 1.29 is 13.5 Å². The van der Waals surface area contributed by atoms with E-state index in [0.717, 1.165) is 0 Å². The highest BCUT2D eigenvalue weighted by Gasteiger charge is 2.31. The summed E-state index contributed by atoms with van der Waals surface area (Å²) in [6.07, 6.45) is 1.72. The van der Waals surface area contributed by atoms with Gasteiger partial charge in [-0.15, -0.1) is 11.8 Å². The van der Waals surface area contributed by atoms with E-state index in [-0.39, 0.29) is 26.2 Å². The van der Waals surface area contributed by atoms with Crippen LogP contribution in [0.5, 0.6) is 5.75 Å². The third-order valence-electron chi connectivity index (χ3n) is 3.62. The number of benzene rings is 1. The molecule has 0 fully saturated rings. The molecule has 3 rings (SSSR count). The zero-order valence-corrected chi connectivity index (χ0v) is 14.9. The number of aromatic hydroxyl groups is 1. The lowest BCUT2D eigenvalue weighted by molar-refractivity contribution is 0.454. The maximum absolute atomic E-state index is 13.2. The summed E-state index contributed by atoms with van der Waals surface area (Å²) >= 11 is 1.18. The summed E-state index contributed by atoms with van der Waals surface area (Å²) in [5.74, 6) is 0.0206. The topological polar surface area (TPSA) is 111 Å². The van der Waals surface area contributed by atoms with E-state index in [4.69, 9.17) is 5.73 Å². The third kappa shape index (κ3) is 2.40. The van der Waals surface area contributed by atoms with Gasteiger partial charge < -0.3 is 10.8 Å². The number of aryl methyl sites for hydroxylation is 2. The molecule has 0 spiro atoms. The Balaban J connectivity index is 2.42.